The van der Waals surface area contributed by atoms with Crippen molar-refractivity contribution in [3.63, 3.8) is 0 Å². The van der Waals surface area contributed by atoms with Crippen molar-refractivity contribution in [2.75, 3.05) is 5.73 Å². The fourth-order valence-electron chi connectivity index (χ4n) is 1.81. The van der Waals surface area contributed by atoms with Gasteiger partial charge < -0.3 is 5.73 Å². The Kier molecular flexibility index (Phi) is 2.61. The fourth-order valence-corrected chi connectivity index (χ4v) is 2.00. The van der Waals surface area contributed by atoms with Gasteiger partial charge in [0, 0.05) is 27.9 Å². The van der Waals surface area contributed by atoms with Crippen LogP contribution in [0.5, 0.6) is 0 Å². The molecule has 0 atom stereocenters. The van der Waals surface area contributed by atoms with Crippen LogP contribution in [0, 0.1) is 0 Å². The predicted octanol–water partition coefficient (Wildman–Crippen LogP) is 3.53. The highest BCUT2D eigenvalue weighted by Gasteiger charge is 2.03. The zero-order valence-corrected chi connectivity index (χ0v) is 10.2. The topological polar surface area (TPSA) is 51.8 Å². The number of hydrogen-bond donors (Lipinski definition) is 1. The molecular weight excluding hydrogens is 246 g/mol. The van der Waals surface area contributed by atoms with E-state index in [1.165, 1.54) is 0 Å². The molecular formula is C14H10ClN3. The van der Waals surface area contributed by atoms with Crippen LogP contribution in [0.1, 0.15) is 0 Å². The summed E-state index contributed by atoms with van der Waals surface area (Å²) >= 11 is 5.96. The summed E-state index contributed by atoms with van der Waals surface area (Å²) in [5, 5.41) is 1.64. The van der Waals surface area contributed by atoms with Crippen molar-refractivity contribution >= 4 is 28.2 Å². The first kappa shape index (κ1) is 11.0. The van der Waals surface area contributed by atoms with Crippen LogP contribution in [0.15, 0.2) is 48.7 Å². The molecule has 0 aliphatic carbocycles. The van der Waals surface area contributed by atoms with Crippen molar-refractivity contribution in [3.8, 4) is 11.4 Å². The van der Waals surface area contributed by atoms with Crippen LogP contribution in [0.25, 0.3) is 22.3 Å². The molecule has 0 amide bonds. The van der Waals surface area contributed by atoms with Gasteiger partial charge >= 0.3 is 0 Å². The number of benzene rings is 2. The lowest BCUT2D eigenvalue weighted by Gasteiger charge is -2.03. The zero-order valence-electron chi connectivity index (χ0n) is 9.47. The Morgan fingerprint density at radius 1 is 1.06 bits per heavy atom. The number of rotatable bonds is 1. The lowest BCUT2D eigenvalue weighted by Crippen LogP contribution is -1.91. The van der Waals surface area contributed by atoms with E-state index >= 15 is 0 Å². The lowest BCUT2D eigenvalue weighted by molar-refractivity contribution is 1.23. The molecule has 0 unspecified atom stereocenters. The molecule has 18 heavy (non-hydrogen) atoms. The first-order chi connectivity index (χ1) is 8.72. The van der Waals surface area contributed by atoms with E-state index in [-0.39, 0.29) is 0 Å². The Labute approximate surface area is 109 Å². The second-order valence-electron chi connectivity index (χ2n) is 4.02. The van der Waals surface area contributed by atoms with Gasteiger partial charge in [-0.3, -0.25) is 0 Å². The Bertz CT molecular complexity index is 725. The van der Waals surface area contributed by atoms with Crippen LogP contribution < -0.4 is 5.73 Å². The normalized spacial score (nSPS) is 10.7. The molecule has 88 valence electrons. The molecule has 0 aliphatic rings. The third kappa shape index (κ3) is 2.00. The van der Waals surface area contributed by atoms with E-state index in [1.807, 2.05) is 42.5 Å². The smallest absolute Gasteiger partial charge is 0.159 e. The van der Waals surface area contributed by atoms with Gasteiger partial charge in [0.05, 0.1) is 5.52 Å². The SMILES string of the molecule is Nc1ccc2cnc(-c3cccc(Cl)c3)nc2c1. The van der Waals surface area contributed by atoms with Gasteiger partial charge in [0.2, 0.25) is 0 Å². The molecule has 2 aromatic carbocycles. The summed E-state index contributed by atoms with van der Waals surface area (Å²) in [5.41, 5.74) is 8.18. The van der Waals surface area contributed by atoms with Crippen molar-refractivity contribution in [3.05, 3.63) is 53.7 Å². The number of hydrogen-bond acceptors (Lipinski definition) is 3. The maximum absolute atomic E-state index is 5.96. The number of nitrogens with zero attached hydrogens (tertiary/aromatic N) is 2. The second kappa shape index (κ2) is 4.27. The Balaban J connectivity index is 2.18. The monoisotopic (exact) mass is 255 g/mol. The first-order valence-corrected chi connectivity index (χ1v) is 5.88. The molecule has 3 rings (SSSR count). The van der Waals surface area contributed by atoms with Gasteiger partial charge in [-0.1, -0.05) is 23.7 Å². The number of halogens is 1. The van der Waals surface area contributed by atoms with Gasteiger partial charge in [0.1, 0.15) is 0 Å². The highest BCUT2D eigenvalue weighted by atomic mass is 35.5. The molecule has 3 aromatic rings. The van der Waals surface area contributed by atoms with E-state index in [0.29, 0.717) is 16.5 Å². The molecule has 4 heteroatoms. The van der Waals surface area contributed by atoms with E-state index < -0.39 is 0 Å². The lowest BCUT2D eigenvalue weighted by atomic mass is 10.2. The second-order valence-corrected chi connectivity index (χ2v) is 4.46. The minimum atomic E-state index is 0.649. The van der Waals surface area contributed by atoms with E-state index in [1.54, 1.807) is 6.20 Å². The summed E-state index contributed by atoms with van der Waals surface area (Å²) in [6.07, 6.45) is 1.79. The Morgan fingerprint density at radius 3 is 2.78 bits per heavy atom. The van der Waals surface area contributed by atoms with Gasteiger partial charge in [0.15, 0.2) is 5.82 Å². The molecule has 0 spiro atoms. The van der Waals surface area contributed by atoms with Crippen molar-refractivity contribution in [2.45, 2.75) is 0 Å². The molecule has 0 bridgehead atoms. The van der Waals surface area contributed by atoms with Gasteiger partial charge in [-0.05, 0) is 30.3 Å². The summed E-state index contributed by atoms with van der Waals surface area (Å²) in [5.74, 6) is 0.649. The van der Waals surface area contributed by atoms with Gasteiger partial charge in [-0.2, -0.15) is 0 Å². The van der Waals surface area contributed by atoms with E-state index in [0.717, 1.165) is 16.5 Å². The van der Waals surface area contributed by atoms with E-state index in [4.69, 9.17) is 17.3 Å². The molecule has 2 N–H and O–H groups in total. The average molecular weight is 256 g/mol. The van der Waals surface area contributed by atoms with Gasteiger partial charge in [-0.15, -0.1) is 0 Å². The van der Waals surface area contributed by atoms with Crippen molar-refractivity contribution in [1.82, 2.24) is 9.97 Å². The van der Waals surface area contributed by atoms with Gasteiger partial charge in [-0.25, -0.2) is 9.97 Å². The van der Waals surface area contributed by atoms with E-state index in [9.17, 15) is 0 Å². The minimum Gasteiger partial charge on any atom is -0.399 e. The molecule has 1 heterocycles. The molecule has 1 aromatic heterocycles. The zero-order chi connectivity index (χ0) is 12.5. The van der Waals surface area contributed by atoms with Crippen LogP contribution in [0.3, 0.4) is 0 Å². The third-order valence-electron chi connectivity index (χ3n) is 2.69. The van der Waals surface area contributed by atoms with Crippen molar-refractivity contribution in [1.29, 1.82) is 0 Å². The Hall–Kier alpha value is -2.13. The molecule has 0 saturated carbocycles. The number of fused-ring (bicyclic) bond motifs is 1. The summed E-state index contributed by atoms with van der Waals surface area (Å²) in [6, 6.07) is 13.1. The van der Waals surface area contributed by atoms with Crippen molar-refractivity contribution in [2.24, 2.45) is 0 Å². The van der Waals surface area contributed by atoms with Crippen LogP contribution in [0.4, 0.5) is 5.69 Å². The van der Waals surface area contributed by atoms with E-state index in [2.05, 4.69) is 9.97 Å². The average Bonchev–Trinajstić information content (AvgIpc) is 2.38. The summed E-state index contributed by atoms with van der Waals surface area (Å²) in [7, 11) is 0. The first-order valence-electron chi connectivity index (χ1n) is 5.50. The predicted molar refractivity (Wildman–Crippen MR) is 74.4 cm³/mol. The molecule has 0 aliphatic heterocycles. The molecule has 0 fully saturated rings. The summed E-state index contributed by atoms with van der Waals surface area (Å²) < 4.78 is 0. The molecule has 0 saturated heterocycles. The van der Waals surface area contributed by atoms with Crippen LogP contribution >= 0.6 is 11.6 Å². The summed E-state index contributed by atoms with van der Waals surface area (Å²) in [4.78, 5) is 8.83. The highest BCUT2D eigenvalue weighted by molar-refractivity contribution is 6.30. The fraction of sp³-hybridized carbons (Fsp3) is 0. The third-order valence-corrected chi connectivity index (χ3v) is 2.92. The highest BCUT2D eigenvalue weighted by Crippen LogP contribution is 2.22. The van der Waals surface area contributed by atoms with Crippen LogP contribution in [-0.4, -0.2) is 9.97 Å². The largest absolute Gasteiger partial charge is 0.399 e. The maximum Gasteiger partial charge on any atom is 0.159 e. The number of anilines is 1. The van der Waals surface area contributed by atoms with Crippen LogP contribution in [-0.2, 0) is 0 Å². The van der Waals surface area contributed by atoms with Crippen LogP contribution in [0.2, 0.25) is 5.02 Å². The number of aromatic nitrogens is 2. The molecule has 3 nitrogen and oxygen atoms in total. The number of nitrogens with two attached hydrogens (primary N) is 1. The van der Waals surface area contributed by atoms with Gasteiger partial charge in [0.25, 0.3) is 0 Å². The number of nitrogen functional groups attached to an aromatic ring is 1. The van der Waals surface area contributed by atoms with Crippen molar-refractivity contribution < 1.29 is 0 Å². The Morgan fingerprint density at radius 2 is 1.94 bits per heavy atom. The molecule has 0 radical (unpaired) electrons. The minimum absolute atomic E-state index is 0.649. The maximum atomic E-state index is 5.96. The standard InChI is InChI=1S/C14H10ClN3/c15-11-3-1-2-9(6-11)14-17-8-10-4-5-12(16)7-13(10)18-14/h1-8H,16H2. The quantitative estimate of drug-likeness (QED) is 0.677. The summed E-state index contributed by atoms with van der Waals surface area (Å²) in [6.45, 7) is 0.